The van der Waals surface area contributed by atoms with E-state index in [-0.39, 0.29) is 17.8 Å². The SMILES string of the molecule is CCC(C)C(NC(=O)C(N)C(C)C)C(=O)NC(CCCCN)C(=O)NC(C(=O)O)C(C)C. The van der Waals surface area contributed by atoms with E-state index in [0.29, 0.717) is 32.2 Å². The highest BCUT2D eigenvalue weighted by Crippen LogP contribution is 2.12. The Morgan fingerprint density at radius 3 is 1.81 bits per heavy atom. The predicted octanol–water partition coefficient (Wildman–Crippen LogP) is 0.340. The zero-order valence-corrected chi connectivity index (χ0v) is 20.3. The van der Waals surface area contributed by atoms with Crippen molar-refractivity contribution < 1.29 is 24.3 Å². The molecule has 32 heavy (non-hydrogen) atoms. The highest BCUT2D eigenvalue weighted by atomic mass is 16.4. The Bertz CT molecular complexity index is 626. The molecule has 0 rings (SSSR count). The first kappa shape index (κ1) is 29.8. The third-order valence-corrected chi connectivity index (χ3v) is 5.62. The molecular formula is C22H43N5O5. The van der Waals surface area contributed by atoms with E-state index in [1.54, 1.807) is 13.8 Å². The highest BCUT2D eigenvalue weighted by molar-refractivity contribution is 5.94. The van der Waals surface area contributed by atoms with Gasteiger partial charge in [0, 0.05) is 0 Å². The van der Waals surface area contributed by atoms with E-state index < -0.39 is 47.9 Å². The van der Waals surface area contributed by atoms with Gasteiger partial charge >= 0.3 is 5.97 Å². The molecule has 5 unspecified atom stereocenters. The Balaban J connectivity index is 5.56. The van der Waals surface area contributed by atoms with E-state index in [4.69, 9.17) is 11.5 Å². The smallest absolute Gasteiger partial charge is 0.326 e. The minimum Gasteiger partial charge on any atom is -0.480 e. The molecule has 0 aromatic heterocycles. The molecule has 0 radical (unpaired) electrons. The number of unbranched alkanes of at least 4 members (excludes halogenated alkanes) is 1. The summed E-state index contributed by atoms with van der Waals surface area (Å²) in [5.41, 5.74) is 11.5. The molecule has 0 aliphatic heterocycles. The molecule has 3 amide bonds. The summed E-state index contributed by atoms with van der Waals surface area (Å²) in [5.74, 6) is -3.30. The van der Waals surface area contributed by atoms with Gasteiger partial charge in [0.25, 0.3) is 0 Å². The lowest BCUT2D eigenvalue weighted by atomic mass is 9.96. The van der Waals surface area contributed by atoms with Crippen LogP contribution in [0.15, 0.2) is 0 Å². The summed E-state index contributed by atoms with van der Waals surface area (Å²) in [6.07, 6.45) is 2.15. The van der Waals surface area contributed by atoms with Crippen molar-refractivity contribution >= 4 is 23.7 Å². The molecule has 0 bridgehead atoms. The van der Waals surface area contributed by atoms with E-state index in [0.717, 1.165) is 0 Å². The molecule has 10 heteroatoms. The third-order valence-electron chi connectivity index (χ3n) is 5.62. The standard InChI is InChI=1S/C22H43N5O5/c1-7-14(6)18(27-20(29)16(24)12(2)3)21(30)25-15(10-8-9-11-23)19(28)26-17(13(4)5)22(31)32/h12-18H,7-11,23-24H2,1-6H3,(H,25,30)(H,26,28)(H,27,29)(H,31,32). The summed E-state index contributed by atoms with van der Waals surface area (Å²) in [6, 6.07) is -3.66. The van der Waals surface area contributed by atoms with Crippen LogP contribution in [-0.4, -0.2) is 59.5 Å². The molecule has 0 aromatic rings. The average molecular weight is 458 g/mol. The molecule has 0 aromatic carbocycles. The number of aliphatic carboxylic acids is 1. The topological polar surface area (TPSA) is 177 Å². The van der Waals surface area contributed by atoms with Crippen LogP contribution in [-0.2, 0) is 19.2 Å². The number of nitrogens with two attached hydrogens (primary N) is 2. The number of carboxylic acids is 1. The number of rotatable bonds is 15. The molecule has 5 atom stereocenters. The van der Waals surface area contributed by atoms with Crippen LogP contribution in [0.3, 0.4) is 0 Å². The second-order valence-corrected chi connectivity index (χ2v) is 9.06. The molecule has 0 aliphatic rings. The maximum atomic E-state index is 13.1. The summed E-state index contributed by atoms with van der Waals surface area (Å²) in [7, 11) is 0. The van der Waals surface area contributed by atoms with Crippen LogP contribution in [0.5, 0.6) is 0 Å². The van der Waals surface area contributed by atoms with E-state index in [1.165, 1.54) is 0 Å². The van der Waals surface area contributed by atoms with Crippen molar-refractivity contribution in [3.8, 4) is 0 Å². The lowest BCUT2D eigenvalue weighted by molar-refractivity contribution is -0.143. The number of carboxylic acid groups (broad SMARTS) is 1. The number of hydrogen-bond donors (Lipinski definition) is 6. The average Bonchev–Trinajstić information content (AvgIpc) is 2.72. The number of carbonyl (C=O) groups is 4. The van der Waals surface area contributed by atoms with Crippen molar-refractivity contribution in [1.82, 2.24) is 16.0 Å². The fourth-order valence-electron chi connectivity index (χ4n) is 3.04. The molecule has 10 nitrogen and oxygen atoms in total. The minimum atomic E-state index is -1.15. The fourth-order valence-corrected chi connectivity index (χ4v) is 3.04. The molecule has 186 valence electrons. The lowest BCUT2D eigenvalue weighted by Gasteiger charge is -2.29. The number of amides is 3. The van der Waals surface area contributed by atoms with Crippen molar-refractivity contribution in [2.45, 2.75) is 91.4 Å². The first-order valence-corrected chi connectivity index (χ1v) is 11.5. The zero-order valence-electron chi connectivity index (χ0n) is 20.3. The molecule has 0 aliphatic carbocycles. The second-order valence-electron chi connectivity index (χ2n) is 9.06. The van der Waals surface area contributed by atoms with Crippen LogP contribution < -0.4 is 27.4 Å². The van der Waals surface area contributed by atoms with Crippen molar-refractivity contribution in [2.24, 2.45) is 29.2 Å². The number of nitrogens with one attached hydrogen (secondary N) is 3. The van der Waals surface area contributed by atoms with Gasteiger partial charge < -0.3 is 32.5 Å². The second kappa shape index (κ2) is 14.8. The summed E-state index contributed by atoms with van der Waals surface area (Å²) in [6.45, 7) is 11.2. The molecule has 0 saturated heterocycles. The Kier molecular flexibility index (Phi) is 13.8. The first-order chi connectivity index (χ1) is 14.9. The molecule has 0 saturated carbocycles. The lowest BCUT2D eigenvalue weighted by Crippen LogP contribution is -2.59. The van der Waals surface area contributed by atoms with Gasteiger partial charge in [0.1, 0.15) is 18.1 Å². The molecule has 0 heterocycles. The fraction of sp³-hybridized carbons (Fsp3) is 0.818. The van der Waals surface area contributed by atoms with Crippen molar-refractivity contribution in [1.29, 1.82) is 0 Å². The number of carbonyl (C=O) groups excluding carboxylic acids is 3. The minimum absolute atomic E-state index is 0.102. The van der Waals surface area contributed by atoms with E-state index >= 15 is 0 Å². The monoisotopic (exact) mass is 457 g/mol. The van der Waals surface area contributed by atoms with E-state index in [2.05, 4.69) is 16.0 Å². The largest absolute Gasteiger partial charge is 0.480 e. The van der Waals surface area contributed by atoms with Crippen LogP contribution in [0.2, 0.25) is 0 Å². The molecular weight excluding hydrogens is 414 g/mol. The van der Waals surface area contributed by atoms with Crippen molar-refractivity contribution in [3.63, 3.8) is 0 Å². The quantitative estimate of drug-likeness (QED) is 0.192. The van der Waals surface area contributed by atoms with Gasteiger partial charge in [-0.15, -0.1) is 0 Å². The van der Waals surface area contributed by atoms with Crippen LogP contribution in [0.1, 0.15) is 67.2 Å². The maximum absolute atomic E-state index is 13.1. The summed E-state index contributed by atoms with van der Waals surface area (Å²) in [5, 5.41) is 17.3. The summed E-state index contributed by atoms with van der Waals surface area (Å²) >= 11 is 0. The van der Waals surface area contributed by atoms with Gasteiger partial charge in [-0.05, 0) is 43.6 Å². The zero-order chi connectivity index (χ0) is 25.0. The predicted molar refractivity (Wildman–Crippen MR) is 123 cm³/mol. The third kappa shape index (κ3) is 9.95. The van der Waals surface area contributed by atoms with E-state index in [9.17, 15) is 24.3 Å². The number of hydrogen-bond acceptors (Lipinski definition) is 6. The van der Waals surface area contributed by atoms with Gasteiger partial charge in [0.15, 0.2) is 0 Å². The van der Waals surface area contributed by atoms with Gasteiger partial charge in [0.05, 0.1) is 6.04 Å². The Morgan fingerprint density at radius 2 is 1.38 bits per heavy atom. The Hall–Kier alpha value is -2.20. The molecule has 0 spiro atoms. The normalized spacial score (nSPS) is 16.1. The van der Waals surface area contributed by atoms with E-state index in [1.807, 2.05) is 27.7 Å². The molecule has 0 fully saturated rings. The highest BCUT2D eigenvalue weighted by Gasteiger charge is 2.33. The summed E-state index contributed by atoms with van der Waals surface area (Å²) < 4.78 is 0. The van der Waals surface area contributed by atoms with Crippen LogP contribution in [0.25, 0.3) is 0 Å². The summed E-state index contributed by atoms with van der Waals surface area (Å²) in [4.78, 5) is 49.9. The Labute approximate surface area is 191 Å². The van der Waals surface area contributed by atoms with Gasteiger partial charge in [-0.25, -0.2) is 4.79 Å². The first-order valence-electron chi connectivity index (χ1n) is 11.5. The van der Waals surface area contributed by atoms with Crippen LogP contribution in [0.4, 0.5) is 0 Å². The molecule has 8 N–H and O–H groups in total. The van der Waals surface area contributed by atoms with Crippen LogP contribution in [0, 0.1) is 17.8 Å². The van der Waals surface area contributed by atoms with Crippen molar-refractivity contribution in [2.75, 3.05) is 6.54 Å². The maximum Gasteiger partial charge on any atom is 0.326 e. The van der Waals surface area contributed by atoms with Crippen molar-refractivity contribution in [3.05, 3.63) is 0 Å². The van der Waals surface area contributed by atoms with Gasteiger partial charge in [-0.3, -0.25) is 14.4 Å². The van der Waals surface area contributed by atoms with Gasteiger partial charge in [0.2, 0.25) is 17.7 Å². The van der Waals surface area contributed by atoms with Crippen LogP contribution >= 0.6 is 0 Å². The Morgan fingerprint density at radius 1 is 0.812 bits per heavy atom. The van der Waals surface area contributed by atoms with Gasteiger partial charge in [-0.1, -0.05) is 48.0 Å². The van der Waals surface area contributed by atoms with Gasteiger partial charge in [-0.2, -0.15) is 0 Å².